The number of carboxylic acids is 1. The minimum atomic E-state index is -1.24. The number of aromatic carboxylic acids is 1. The van der Waals surface area contributed by atoms with Crippen molar-refractivity contribution in [1.82, 2.24) is 25.4 Å². The average molecular weight is 247 g/mol. The Hall–Kier alpha value is -2.77. The second-order valence-corrected chi connectivity index (χ2v) is 3.60. The Morgan fingerprint density at radius 3 is 2.89 bits per heavy atom. The number of aromatic nitrogens is 5. The molecule has 8 heteroatoms. The van der Waals surface area contributed by atoms with Gasteiger partial charge < -0.3 is 10.1 Å². The van der Waals surface area contributed by atoms with Crippen LogP contribution in [0.3, 0.4) is 0 Å². The molecule has 18 heavy (non-hydrogen) atoms. The Morgan fingerprint density at radius 1 is 1.39 bits per heavy atom. The third-order valence-electron chi connectivity index (χ3n) is 2.44. The van der Waals surface area contributed by atoms with Gasteiger partial charge >= 0.3 is 5.97 Å². The molecule has 0 amide bonds. The summed E-state index contributed by atoms with van der Waals surface area (Å²) < 4.78 is 13.3. The van der Waals surface area contributed by atoms with Gasteiger partial charge in [-0.05, 0) is 12.1 Å². The number of H-pyrrole nitrogens is 2. The first-order valence-corrected chi connectivity index (χ1v) is 4.94. The number of aromatic amines is 2. The van der Waals surface area contributed by atoms with Crippen LogP contribution in [0.15, 0.2) is 18.3 Å². The van der Waals surface area contributed by atoms with Crippen molar-refractivity contribution in [3.63, 3.8) is 0 Å². The highest BCUT2D eigenvalue weighted by atomic mass is 19.1. The quantitative estimate of drug-likeness (QED) is 0.630. The van der Waals surface area contributed by atoms with Crippen LogP contribution in [0.5, 0.6) is 0 Å². The topological polar surface area (TPSA) is 108 Å². The molecule has 0 radical (unpaired) electrons. The number of hydrogen-bond donors (Lipinski definition) is 3. The molecule has 0 saturated carbocycles. The van der Waals surface area contributed by atoms with Crippen LogP contribution in [0.1, 0.15) is 10.4 Å². The summed E-state index contributed by atoms with van der Waals surface area (Å²) in [6, 6.07) is 2.11. The SMILES string of the molecule is O=C(O)c1cc(F)cc2[nH]c(-c3cn[nH]n3)nc12. The molecule has 3 rings (SSSR count). The van der Waals surface area contributed by atoms with Crippen LogP contribution in [0.2, 0.25) is 0 Å². The molecule has 0 saturated heterocycles. The number of imidazole rings is 1. The highest BCUT2D eigenvalue weighted by molar-refractivity contribution is 6.01. The number of hydrogen-bond acceptors (Lipinski definition) is 4. The molecule has 2 aromatic heterocycles. The molecule has 0 spiro atoms. The van der Waals surface area contributed by atoms with Gasteiger partial charge in [-0.15, -0.1) is 0 Å². The van der Waals surface area contributed by atoms with Gasteiger partial charge in [-0.3, -0.25) is 0 Å². The number of carboxylic acid groups (broad SMARTS) is 1. The first kappa shape index (κ1) is 10.4. The molecule has 1 aromatic carbocycles. The fourth-order valence-electron chi connectivity index (χ4n) is 1.68. The van der Waals surface area contributed by atoms with Crippen LogP contribution < -0.4 is 0 Å². The Labute approximate surface area is 98.7 Å². The fourth-order valence-corrected chi connectivity index (χ4v) is 1.68. The van der Waals surface area contributed by atoms with Crippen molar-refractivity contribution in [3.8, 4) is 11.5 Å². The van der Waals surface area contributed by atoms with Crippen molar-refractivity contribution in [2.24, 2.45) is 0 Å². The van der Waals surface area contributed by atoms with Gasteiger partial charge in [0.2, 0.25) is 0 Å². The van der Waals surface area contributed by atoms with E-state index in [1.54, 1.807) is 0 Å². The van der Waals surface area contributed by atoms with E-state index >= 15 is 0 Å². The predicted octanol–water partition coefficient (Wildman–Crippen LogP) is 1.19. The van der Waals surface area contributed by atoms with Crippen molar-refractivity contribution < 1.29 is 14.3 Å². The number of benzene rings is 1. The summed E-state index contributed by atoms with van der Waals surface area (Å²) in [6.07, 6.45) is 1.43. The first-order chi connectivity index (χ1) is 8.65. The van der Waals surface area contributed by atoms with E-state index in [-0.39, 0.29) is 11.1 Å². The number of nitrogens with zero attached hydrogens (tertiary/aromatic N) is 3. The smallest absolute Gasteiger partial charge is 0.338 e. The van der Waals surface area contributed by atoms with Gasteiger partial charge in [0.25, 0.3) is 0 Å². The summed E-state index contributed by atoms with van der Waals surface area (Å²) in [5, 5.41) is 18.8. The molecule has 0 aliphatic heterocycles. The minimum Gasteiger partial charge on any atom is -0.478 e. The van der Waals surface area contributed by atoms with Crippen LogP contribution in [0.25, 0.3) is 22.6 Å². The average Bonchev–Trinajstić information content (AvgIpc) is 2.95. The molecule has 90 valence electrons. The fraction of sp³-hybridized carbons (Fsp3) is 0. The van der Waals surface area contributed by atoms with Crippen LogP contribution >= 0.6 is 0 Å². The third kappa shape index (κ3) is 1.51. The predicted molar refractivity (Wildman–Crippen MR) is 58.4 cm³/mol. The number of rotatable bonds is 2. The molecule has 0 atom stereocenters. The van der Waals surface area contributed by atoms with Gasteiger partial charge in [0.05, 0.1) is 17.3 Å². The summed E-state index contributed by atoms with van der Waals surface area (Å²) in [5.41, 5.74) is 0.700. The zero-order valence-electron chi connectivity index (χ0n) is 8.81. The molecule has 0 unspecified atom stereocenters. The molecule has 0 aliphatic rings. The lowest BCUT2D eigenvalue weighted by Crippen LogP contribution is -1.98. The summed E-state index contributed by atoms with van der Waals surface area (Å²) in [7, 11) is 0. The lowest BCUT2D eigenvalue weighted by Gasteiger charge is -1.95. The van der Waals surface area contributed by atoms with Crippen molar-refractivity contribution in [2.45, 2.75) is 0 Å². The number of carbonyl (C=O) groups is 1. The Kier molecular flexibility index (Phi) is 2.09. The number of halogens is 1. The van der Waals surface area contributed by atoms with Gasteiger partial charge in [0.1, 0.15) is 17.0 Å². The zero-order valence-corrected chi connectivity index (χ0v) is 8.81. The maximum absolute atomic E-state index is 13.3. The van der Waals surface area contributed by atoms with Crippen molar-refractivity contribution in [3.05, 3.63) is 29.7 Å². The number of nitrogens with one attached hydrogen (secondary N) is 2. The lowest BCUT2D eigenvalue weighted by atomic mass is 10.2. The van der Waals surface area contributed by atoms with E-state index in [9.17, 15) is 9.18 Å². The van der Waals surface area contributed by atoms with Crippen LogP contribution in [0, 0.1) is 5.82 Å². The Balaban J connectivity index is 2.29. The van der Waals surface area contributed by atoms with E-state index in [1.165, 1.54) is 12.3 Å². The molecule has 0 aliphatic carbocycles. The summed E-state index contributed by atoms with van der Waals surface area (Å²) >= 11 is 0. The first-order valence-electron chi connectivity index (χ1n) is 4.94. The number of fused-ring (bicyclic) bond motifs is 1. The highest BCUT2D eigenvalue weighted by Crippen LogP contribution is 2.22. The van der Waals surface area contributed by atoms with Crippen LogP contribution in [-0.4, -0.2) is 36.5 Å². The van der Waals surface area contributed by atoms with Gasteiger partial charge in [-0.25, -0.2) is 14.2 Å². The summed E-state index contributed by atoms with van der Waals surface area (Å²) in [4.78, 5) is 17.9. The molecule has 2 heterocycles. The standard InChI is InChI=1S/C10H6FN5O2/c11-4-1-5(10(17)18)8-6(2-4)13-9(14-8)7-3-12-16-15-7/h1-3H,(H,13,14)(H,17,18)(H,12,15,16). The van der Waals surface area contributed by atoms with Crippen LogP contribution in [-0.2, 0) is 0 Å². The maximum Gasteiger partial charge on any atom is 0.338 e. The van der Waals surface area contributed by atoms with E-state index in [0.29, 0.717) is 17.0 Å². The normalized spacial score (nSPS) is 10.9. The molecular weight excluding hydrogens is 241 g/mol. The van der Waals surface area contributed by atoms with Gasteiger partial charge in [-0.2, -0.15) is 15.4 Å². The van der Waals surface area contributed by atoms with Crippen LogP contribution in [0.4, 0.5) is 4.39 Å². The molecular formula is C10H6FN5O2. The largest absolute Gasteiger partial charge is 0.478 e. The lowest BCUT2D eigenvalue weighted by molar-refractivity contribution is 0.0698. The van der Waals surface area contributed by atoms with E-state index < -0.39 is 11.8 Å². The molecule has 7 nitrogen and oxygen atoms in total. The van der Waals surface area contributed by atoms with E-state index in [2.05, 4.69) is 25.4 Å². The van der Waals surface area contributed by atoms with E-state index in [0.717, 1.165) is 6.07 Å². The second-order valence-electron chi connectivity index (χ2n) is 3.60. The summed E-state index contributed by atoms with van der Waals surface area (Å²) in [5.74, 6) is -1.56. The van der Waals surface area contributed by atoms with E-state index in [4.69, 9.17) is 5.11 Å². The molecule has 3 N–H and O–H groups in total. The Morgan fingerprint density at radius 2 is 2.22 bits per heavy atom. The highest BCUT2D eigenvalue weighted by Gasteiger charge is 2.16. The van der Waals surface area contributed by atoms with Gasteiger partial charge in [-0.1, -0.05) is 0 Å². The van der Waals surface area contributed by atoms with Crippen molar-refractivity contribution >= 4 is 17.0 Å². The van der Waals surface area contributed by atoms with Crippen molar-refractivity contribution in [1.29, 1.82) is 0 Å². The van der Waals surface area contributed by atoms with E-state index in [1.807, 2.05) is 0 Å². The second kappa shape index (κ2) is 3.62. The zero-order chi connectivity index (χ0) is 12.7. The Bertz CT molecular complexity index is 734. The monoisotopic (exact) mass is 247 g/mol. The minimum absolute atomic E-state index is 0.182. The van der Waals surface area contributed by atoms with Gasteiger partial charge in [0.15, 0.2) is 5.82 Å². The molecule has 0 bridgehead atoms. The summed E-state index contributed by atoms with van der Waals surface area (Å²) in [6.45, 7) is 0. The van der Waals surface area contributed by atoms with Gasteiger partial charge in [0, 0.05) is 0 Å². The van der Waals surface area contributed by atoms with Crippen molar-refractivity contribution in [2.75, 3.05) is 0 Å². The molecule has 3 aromatic rings. The maximum atomic E-state index is 13.3. The third-order valence-corrected chi connectivity index (χ3v) is 2.44. The molecule has 0 fully saturated rings.